The van der Waals surface area contributed by atoms with Crippen LogP contribution >= 0.6 is 27.7 Å². The number of benzene rings is 2. The van der Waals surface area contributed by atoms with Crippen LogP contribution in [0.4, 0.5) is 11.4 Å². The molecule has 1 amide bonds. The molecular formula is C24H28BrN3O2S. The van der Waals surface area contributed by atoms with E-state index in [-0.39, 0.29) is 5.91 Å². The van der Waals surface area contributed by atoms with Gasteiger partial charge in [-0.25, -0.2) is 4.99 Å². The smallest absolute Gasteiger partial charge is 0.266 e. The Labute approximate surface area is 197 Å². The first-order chi connectivity index (χ1) is 15.1. The number of carbonyl (C=O) groups excluding carboxylic acids is 1. The van der Waals surface area contributed by atoms with Gasteiger partial charge in [-0.05, 0) is 84.4 Å². The number of carbonyl (C=O) groups is 1. The summed E-state index contributed by atoms with van der Waals surface area (Å²) >= 11 is 5.10. The zero-order chi connectivity index (χ0) is 22.2. The minimum absolute atomic E-state index is 0.0386. The number of rotatable bonds is 9. The first-order valence-corrected chi connectivity index (χ1v) is 12.2. The van der Waals surface area contributed by atoms with Gasteiger partial charge in [-0.3, -0.25) is 9.69 Å². The first-order valence-electron chi connectivity index (χ1n) is 10.5. The molecule has 0 atom stereocenters. The molecule has 7 heteroatoms. The Balaban J connectivity index is 1.88. The fourth-order valence-corrected chi connectivity index (χ4v) is 4.96. The highest BCUT2D eigenvalue weighted by molar-refractivity contribution is 9.10. The summed E-state index contributed by atoms with van der Waals surface area (Å²) in [5.41, 5.74) is 2.96. The highest BCUT2D eigenvalue weighted by Gasteiger charge is 2.33. The molecule has 1 heterocycles. The van der Waals surface area contributed by atoms with Gasteiger partial charge in [-0.15, -0.1) is 0 Å². The van der Waals surface area contributed by atoms with Gasteiger partial charge in [0.2, 0.25) is 0 Å². The minimum Gasteiger partial charge on any atom is -0.380 e. The normalized spacial score (nSPS) is 16.5. The summed E-state index contributed by atoms with van der Waals surface area (Å²) < 4.78 is 6.50. The number of amides is 1. The van der Waals surface area contributed by atoms with Crippen molar-refractivity contribution in [3.63, 3.8) is 0 Å². The summed E-state index contributed by atoms with van der Waals surface area (Å²) in [4.78, 5) is 22.5. The van der Waals surface area contributed by atoms with Gasteiger partial charge in [0.05, 0.1) is 29.4 Å². The molecule has 1 fully saturated rings. The molecule has 0 spiro atoms. The van der Waals surface area contributed by atoms with Crippen molar-refractivity contribution in [3.8, 4) is 0 Å². The number of para-hydroxylation sites is 1. The molecule has 0 radical (unpaired) electrons. The Morgan fingerprint density at radius 1 is 1.13 bits per heavy atom. The second-order valence-electron chi connectivity index (χ2n) is 6.88. The van der Waals surface area contributed by atoms with Crippen LogP contribution in [0.5, 0.6) is 0 Å². The van der Waals surface area contributed by atoms with Crippen LogP contribution in [0, 0.1) is 0 Å². The van der Waals surface area contributed by atoms with Gasteiger partial charge in [-0.1, -0.05) is 24.3 Å². The van der Waals surface area contributed by atoms with Gasteiger partial charge in [0.25, 0.3) is 5.91 Å². The molecule has 0 aliphatic carbocycles. The molecule has 0 unspecified atom stereocenters. The van der Waals surface area contributed by atoms with Crippen LogP contribution in [0.2, 0.25) is 0 Å². The summed E-state index contributed by atoms with van der Waals surface area (Å²) in [6.45, 7) is 9.70. The zero-order valence-electron chi connectivity index (χ0n) is 18.2. The van der Waals surface area contributed by atoms with E-state index in [4.69, 9.17) is 9.73 Å². The molecule has 1 aliphatic rings. The summed E-state index contributed by atoms with van der Waals surface area (Å²) in [6, 6.07) is 15.9. The lowest BCUT2D eigenvalue weighted by Gasteiger charge is -2.22. The first kappa shape index (κ1) is 23.6. The van der Waals surface area contributed by atoms with E-state index >= 15 is 0 Å². The number of aliphatic imine (C=N–C) groups is 1. The van der Waals surface area contributed by atoms with Gasteiger partial charge >= 0.3 is 0 Å². The molecule has 1 saturated heterocycles. The lowest BCUT2D eigenvalue weighted by Crippen LogP contribution is -2.32. The molecule has 0 saturated carbocycles. The van der Waals surface area contributed by atoms with Crippen LogP contribution in [-0.4, -0.2) is 48.8 Å². The topological polar surface area (TPSA) is 45.1 Å². The fourth-order valence-electron chi connectivity index (χ4n) is 3.29. The highest BCUT2D eigenvalue weighted by atomic mass is 79.9. The Kier molecular flexibility index (Phi) is 8.75. The van der Waals surface area contributed by atoms with E-state index in [0.717, 1.165) is 34.5 Å². The van der Waals surface area contributed by atoms with Crippen LogP contribution in [0.25, 0.3) is 6.08 Å². The van der Waals surface area contributed by atoms with E-state index in [1.807, 2.05) is 43.3 Å². The summed E-state index contributed by atoms with van der Waals surface area (Å²) in [5.74, 6) is -0.0386. The maximum absolute atomic E-state index is 13.1. The Bertz CT molecular complexity index is 959. The Morgan fingerprint density at radius 3 is 2.52 bits per heavy atom. The molecule has 2 aromatic rings. The molecule has 1 aliphatic heterocycles. The number of nitrogens with zero attached hydrogens (tertiary/aromatic N) is 3. The van der Waals surface area contributed by atoms with Crippen molar-refractivity contribution in [1.29, 1.82) is 0 Å². The summed E-state index contributed by atoms with van der Waals surface area (Å²) in [5, 5.41) is 0.681. The van der Waals surface area contributed by atoms with E-state index in [1.54, 1.807) is 4.90 Å². The van der Waals surface area contributed by atoms with E-state index < -0.39 is 0 Å². The molecule has 31 heavy (non-hydrogen) atoms. The minimum atomic E-state index is -0.0386. The monoisotopic (exact) mass is 501 g/mol. The number of thioether (sulfide) groups is 1. The third-order valence-corrected chi connectivity index (χ3v) is 6.55. The second-order valence-corrected chi connectivity index (χ2v) is 8.74. The SMILES string of the molecule is CCOCCN1C(=O)/C(=C/c2ccc(N(CC)CC)c(Br)c2)SC1=Nc1ccccc1. The van der Waals surface area contributed by atoms with Crippen LogP contribution < -0.4 is 4.90 Å². The van der Waals surface area contributed by atoms with Crippen molar-refractivity contribution in [2.45, 2.75) is 20.8 Å². The number of hydrogen-bond donors (Lipinski definition) is 0. The Morgan fingerprint density at radius 2 is 1.87 bits per heavy atom. The van der Waals surface area contributed by atoms with Crippen LogP contribution in [0.15, 0.2) is 62.9 Å². The maximum Gasteiger partial charge on any atom is 0.266 e. The third kappa shape index (κ3) is 5.99. The Hall–Kier alpha value is -2.09. The predicted molar refractivity (Wildman–Crippen MR) is 135 cm³/mol. The summed E-state index contributed by atoms with van der Waals surface area (Å²) in [7, 11) is 0. The quantitative estimate of drug-likeness (QED) is 0.315. The second kappa shape index (κ2) is 11.5. The van der Waals surface area contributed by atoms with Crippen molar-refractivity contribution in [2.75, 3.05) is 37.7 Å². The lowest BCUT2D eigenvalue weighted by atomic mass is 10.1. The van der Waals surface area contributed by atoms with Crippen molar-refractivity contribution < 1.29 is 9.53 Å². The standard InChI is InChI=1S/C24H28BrN3O2S/c1-4-27(5-2)21-13-12-18(16-20(21)25)17-22-23(29)28(14-15-30-6-3)24(31-22)26-19-10-8-7-9-11-19/h7-13,16-17H,4-6,14-15H2,1-3H3/b22-17-,26-24?. The molecule has 0 N–H and O–H groups in total. The van der Waals surface area contributed by atoms with Gasteiger partial charge in [0.1, 0.15) is 0 Å². The molecular weight excluding hydrogens is 474 g/mol. The summed E-state index contributed by atoms with van der Waals surface area (Å²) in [6.07, 6.45) is 1.94. The molecule has 3 rings (SSSR count). The van der Waals surface area contributed by atoms with E-state index in [1.165, 1.54) is 11.8 Å². The molecule has 0 bridgehead atoms. The van der Waals surface area contributed by atoms with E-state index in [9.17, 15) is 4.79 Å². The van der Waals surface area contributed by atoms with E-state index in [2.05, 4.69) is 52.9 Å². The predicted octanol–water partition coefficient (Wildman–Crippen LogP) is 5.94. The maximum atomic E-state index is 13.1. The van der Waals surface area contributed by atoms with Gasteiger partial charge in [-0.2, -0.15) is 0 Å². The molecule has 2 aromatic carbocycles. The zero-order valence-corrected chi connectivity index (χ0v) is 20.6. The molecule has 5 nitrogen and oxygen atoms in total. The average molecular weight is 502 g/mol. The molecule has 164 valence electrons. The molecule has 0 aromatic heterocycles. The van der Waals surface area contributed by atoms with Crippen molar-refractivity contribution in [1.82, 2.24) is 4.90 Å². The van der Waals surface area contributed by atoms with Crippen molar-refractivity contribution >= 4 is 56.2 Å². The number of hydrogen-bond acceptors (Lipinski definition) is 5. The van der Waals surface area contributed by atoms with Gasteiger partial charge in [0, 0.05) is 24.2 Å². The third-order valence-electron chi connectivity index (χ3n) is 4.91. The van der Waals surface area contributed by atoms with Crippen molar-refractivity contribution in [3.05, 3.63) is 63.5 Å². The van der Waals surface area contributed by atoms with Gasteiger partial charge in [0.15, 0.2) is 5.17 Å². The average Bonchev–Trinajstić information content (AvgIpc) is 3.05. The van der Waals surface area contributed by atoms with Crippen LogP contribution in [-0.2, 0) is 9.53 Å². The van der Waals surface area contributed by atoms with Crippen LogP contribution in [0.3, 0.4) is 0 Å². The van der Waals surface area contributed by atoms with Crippen LogP contribution in [0.1, 0.15) is 26.3 Å². The largest absolute Gasteiger partial charge is 0.380 e. The number of amidine groups is 1. The number of halogens is 1. The lowest BCUT2D eigenvalue weighted by molar-refractivity contribution is -0.122. The number of anilines is 1. The fraction of sp³-hybridized carbons (Fsp3) is 0.333. The van der Waals surface area contributed by atoms with Gasteiger partial charge < -0.3 is 9.64 Å². The van der Waals surface area contributed by atoms with Crippen molar-refractivity contribution in [2.24, 2.45) is 4.99 Å². The van der Waals surface area contributed by atoms with E-state index in [0.29, 0.717) is 29.8 Å². The highest BCUT2D eigenvalue weighted by Crippen LogP contribution is 2.35. The number of ether oxygens (including phenoxy) is 1.